The van der Waals surface area contributed by atoms with Crippen molar-refractivity contribution in [3.63, 3.8) is 0 Å². The van der Waals surface area contributed by atoms with Gasteiger partial charge in [-0.1, -0.05) is 30.3 Å². The quantitative estimate of drug-likeness (QED) is 0.327. The second kappa shape index (κ2) is 8.27. The van der Waals surface area contributed by atoms with Crippen molar-refractivity contribution in [2.75, 3.05) is 29.0 Å². The molecule has 0 aliphatic carbocycles. The molecule has 34 heavy (non-hydrogen) atoms. The molecule has 5 rings (SSSR count). The van der Waals surface area contributed by atoms with Gasteiger partial charge in [-0.25, -0.2) is 9.96 Å². The summed E-state index contributed by atoms with van der Waals surface area (Å²) < 4.78 is 0. The monoisotopic (exact) mass is 458 g/mol. The number of nitro groups is 1. The van der Waals surface area contributed by atoms with Gasteiger partial charge < -0.3 is 4.90 Å². The zero-order chi connectivity index (χ0) is 24.0. The van der Waals surface area contributed by atoms with Crippen LogP contribution in [0.5, 0.6) is 0 Å². The summed E-state index contributed by atoms with van der Waals surface area (Å²) in [6.45, 7) is 0. The maximum Gasteiger partial charge on any atom is 0.269 e. The van der Waals surface area contributed by atoms with E-state index in [2.05, 4.69) is 0 Å². The van der Waals surface area contributed by atoms with Crippen molar-refractivity contribution in [2.24, 2.45) is 5.92 Å². The fourth-order valence-electron chi connectivity index (χ4n) is 4.50. The topological polar surface area (TPSA) is 96.2 Å². The Balaban J connectivity index is 1.54. The molecule has 0 saturated carbocycles. The molecular formula is C25H22N4O5. The van der Waals surface area contributed by atoms with Crippen LogP contribution < -0.4 is 14.9 Å². The van der Waals surface area contributed by atoms with Crippen LogP contribution in [-0.4, -0.2) is 36.9 Å². The van der Waals surface area contributed by atoms with Crippen LogP contribution >= 0.6 is 0 Å². The molecule has 0 bridgehead atoms. The lowest BCUT2D eigenvalue weighted by Crippen LogP contribution is -2.37. The summed E-state index contributed by atoms with van der Waals surface area (Å²) in [7, 11) is 3.89. The standard InChI is InChI=1S/C25H22N4O5/c1-26(2)17-10-8-16(9-11-17)22-21-23(34-28(22)19-6-4-3-5-7-19)25(31)27(24(21)30)18-12-14-20(15-13-18)29(32)33/h3-15,21-23H,1-2H3/t21-,22-,23-/m1/s1. The lowest BCUT2D eigenvalue weighted by atomic mass is 9.90. The Kier molecular flexibility index (Phi) is 5.25. The number of fused-ring (bicyclic) bond motifs is 1. The predicted molar refractivity (Wildman–Crippen MR) is 126 cm³/mol. The third-order valence-electron chi connectivity index (χ3n) is 6.20. The van der Waals surface area contributed by atoms with Gasteiger partial charge in [0.25, 0.3) is 11.6 Å². The van der Waals surface area contributed by atoms with Crippen LogP contribution in [0, 0.1) is 16.0 Å². The predicted octanol–water partition coefficient (Wildman–Crippen LogP) is 3.71. The summed E-state index contributed by atoms with van der Waals surface area (Å²) in [4.78, 5) is 46.6. The highest BCUT2D eigenvalue weighted by Gasteiger charge is 2.60. The first-order valence-electron chi connectivity index (χ1n) is 10.8. The minimum absolute atomic E-state index is 0.117. The summed E-state index contributed by atoms with van der Waals surface area (Å²) in [5, 5.41) is 12.6. The van der Waals surface area contributed by atoms with Crippen LogP contribution in [0.4, 0.5) is 22.7 Å². The molecule has 0 spiro atoms. The number of rotatable bonds is 5. The first-order chi connectivity index (χ1) is 16.4. The maximum atomic E-state index is 13.6. The Hall–Kier alpha value is -4.24. The van der Waals surface area contributed by atoms with Crippen LogP contribution in [0.2, 0.25) is 0 Å². The first-order valence-corrected chi connectivity index (χ1v) is 10.8. The fraction of sp³-hybridized carbons (Fsp3) is 0.200. The summed E-state index contributed by atoms with van der Waals surface area (Å²) in [5.41, 5.74) is 2.75. The van der Waals surface area contributed by atoms with Crippen molar-refractivity contribution >= 4 is 34.6 Å². The van der Waals surface area contributed by atoms with Gasteiger partial charge in [0.05, 0.1) is 22.3 Å². The maximum absolute atomic E-state index is 13.6. The Morgan fingerprint density at radius 2 is 1.50 bits per heavy atom. The Bertz CT molecular complexity index is 1240. The number of hydrogen-bond donors (Lipinski definition) is 0. The molecule has 172 valence electrons. The van der Waals surface area contributed by atoms with Crippen molar-refractivity contribution in [1.82, 2.24) is 0 Å². The molecule has 0 N–H and O–H groups in total. The second-order valence-electron chi connectivity index (χ2n) is 8.43. The van der Waals surface area contributed by atoms with Crippen molar-refractivity contribution in [3.05, 3.63) is 94.5 Å². The van der Waals surface area contributed by atoms with Crippen LogP contribution in [-0.2, 0) is 14.4 Å². The molecule has 0 aromatic heterocycles. The molecule has 0 unspecified atom stereocenters. The van der Waals surface area contributed by atoms with E-state index in [4.69, 9.17) is 4.84 Å². The van der Waals surface area contributed by atoms with Crippen LogP contribution in [0.3, 0.4) is 0 Å². The van der Waals surface area contributed by atoms with Crippen molar-refractivity contribution in [1.29, 1.82) is 0 Å². The van der Waals surface area contributed by atoms with Crippen molar-refractivity contribution in [3.8, 4) is 0 Å². The highest BCUT2D eigenvalue weighted by molar-refractivity contribution is 6.24. The molecule has 3 aromatic rings. The first kappa shape index (κ1) is 21.6. The van der Waals surface area contributed by atoms with E-state index in [0.717, 1.165) is 21.8 Å². The summed E-state index contributed by atoms with van der Waals surface area (Å²) >= 11 is 0. The average molecular weight is 458 g/mol. The van der Waals surface area contributed by atoms with Gasteiger partial charge in [0, 0.05) is 31.9 Å². The van der Waals surface area contributed by atoms with E-state index in [-0.39, 0.29) is 11.4 Å². The lowest BCUT2D eigenvalue weighted by Gasteiger charge is -2.29. The molecule has 2 heterocycles. The molecule has 9 heteroatoms. The molecule has 2 aliphatic rings. The number of hydroxylamine groups is 1. The highest BCUT2D eigenvalue weighted by atomic mass is 16.7. The zero-order valence-electron chi connectivity index (χ0n) is 18.6. The van der Waals surface area contributed by atoms with Crippen LogP contribution in [0.15, 0.2) is 78.9 Å². The molecule has 9 nitrogen and oxygen atoms in total. The van der Waals surface area contributed by atoms with Gasteiger partial charge in [0.1, 0.15) is 5.92 Å². The fourth-order valence-corrected chi connectivity index (χ4v) is 4.50. The Labute approximate surface area is 195 Å². The number of imide groups is 1. The number of carbonyl (C=O) groups is 2. The minimum Gasteiger partial charge on any atom is -0.378 e. The number of hydrogen-bond acceptors (Lipinski definition) is 7. The van der Waals surface area contributed by atoms with Crippen molar-refractivity contribution in [2.45, 2.75) is 12.1 Å². The summed E-state index contributed by atoms with van der Waals surface area (Å²) in [6.07, 6.45) is -0.999. The minimum atomic E-state index is -0.999. The average Bonchev–Trinajstić information content (AvgIpc) is 3.35. The summed E-state index contributed by atoms with van der Waals surface area (Å²) in [5.74, 6) is -1.66. The number of benzene rings is 3. The smallest absolute Gasteiger partial charge is 0.269 e. The second-order valence-corrected chi connectivity index (χ2v) is 8.43. The lowest BCUT2D eigenvalue weighted by molar-refractivity contribution is -0.384. The Morgan fingerprint density at radius 3 is 2.09 bits per heavy atom. The number of nitro benzene ring substituents is 1. The molecule has 3 atom stereocenters. The molecule has 2 fully saturated rings. The van der Waals surface area contributed by atoms with Gasteiger partial charge in [-0.2, -0.15) is 0 Å². The zero-order valence-corrected chi connectivity index (χ0v) is 18.6. The van der Waals surface area contributed by atoms with Gasteiger partial charge in [-0.3, -0.25) is 24.5 Å². The van der Waals surface area contributed by atoms with Crippen LogP contribution in [0.1, 0.15) is 11.6 Å². The van der Waals surface area contributed by atoms with E-state index in [1.807, 2.05) is 73.6 Å². The number of carbonyl (C=O) groups excluding carboxylic acids is 2. The van der Waals surface area contributed by atoms with Gasteiger partial charge in [-0.05, 0) is 42.0 Å². The largest absolute Gasteiger partial charge is 0.378 e. The number of anilines is 3. The van der Waals surface area contributed by atoms with Crippen LogP contribution in [0.25, 0.3) is 0 Å². The molecular weight excluding hydrogens is 436 g/mol. The van der Waals surface area contributed by atoms with E-state index in [9.17, 15) is 19.7 Å². The number of non-ortho nitro benzene ring substituents is 1. The third-order valence-corrected chi connectivity index (χ3v) is 6.20. The SMILES string of the molecule is CN(C)c1ccc([C@@H]2[C@H]3C(=O)N(c4ccc([N+](=O)[O-])cc4)C(=O)[C@@H]3ON2c2ccccc2)cc1. The number of nitrogens with zero attached hydrogens (tertiary/aromatic N) is 4. The van der Waals surface area contributed by atoms with E-state index in [1.54, 1.807) is 5.06 Å². The van der Waals surface area contributed by atoms with Gasteiger partial charge in [0.15, 0.2) is 6.10 Å². The third kappa shape index (κ3) is 3.46. The molecule has 0 radical (unpaired) electrons. The molecule has 3 aromatic carbocycles. The van der Waals surface area contributed by atoms with E-state index in [1.165, 1.54) is 24.3 Å². The van der Waals surface area contributed by atoms with E-state index >= 15 is 0 Å². The van der Waals surface area contributed by atoms with Gasteiger partial charge >= 0.3 is 0 Å². The Morgan fingerprint density at radius 1 is 0.853 bits per heavy atom. The molecule has 2 amide bonds. The van der Waals surface area contributed by atoms with E-state index in [0.29, 0.717) is 0 Å². The van der Waals surface area contributed by atoms with Gasteiger partial charge in [-0.15, -0.1) is 0 Å². The number of para-hydroxylation sites is 1. The van der Waals surface area contributed by atoms with Gasteiger partial charge in [0.2, 0.25) is 5.91 Å². The highest BCUT2D eigenvalue weighted by Crippen LogP contribution is 2.47. The van der Waals surface area contributed by atoms with Crippen molar-refractivity contribution < 1.29 is 19.3 Å². The number of amides is 2. The van der Waals surface area contributed by atoms with E-state index < -0.39 is 34.8 Å². The normalized spacial score (nSPS) is 21.6. The molecule has 2 saturated heterocycles. The molecule has 2 aliphatic heterocycles. The summed E-state index contributed by atoms with van der Waals surface area (Å²) in [6, 6.07) is 22.0.